The summed E-state index contributed by atoms with van der Waals surface area (Å²) in [5.41, 5.74) is 0.369. The second-order valence-corrected chi connectivity index (χ2v) is 5.44. The van der Waals surface area contributed by atoms with Gasteiger partial charge in [-0.2, -0.15) is 0 Å². The van der Waals surface area contributed by atoms with E-state index >= 15 is 0 Å². The molecular formula is C17H25NO3S. The van der Waals surface area contributed by atoms with Crippen LogP contribution in [-0.2, 0) is 4.74 Å². The average Bonchev–Trinajstić information content (AvgIpc) is 2.54. The van der Waals surface area contributed by atoms with Crippen LogP contribution in [0, 0.1) is 0 Å². The molecule has 0 amide bonds. The van der Waals surface area contributed by atoms with Crippen molar-refractivity contribution in [2.75, 3.05) is 13.7 Å². The van der Waals surface area contributed by atoms with Gasteiger partial charge in [-0.1, -0.05) is 51.2 Å². The molecule has 22 heavy (non-hydrogen) atoms. The minimum atomic E-state index is -0.436. The standard InChI is InChI=1S/C17H25NO3S/c1-3-4-5-6-7-10-13-18-17(22)21-15-12-9-8-11-14(15)16(19)20-2/h8-9,11-12H,3-7,10,13H2,1-2H3,(H,18,22). The van der Waals surface area contributed by atoms with Gasteiger partial charge in [-0.25, -0.2) is 4.79 Å². The maximum atomic E-state index is 11.6. The molecule has 1 aromatic carbocycles. The predicted octanol–water partition coefficient (Wildman–Crippen LogP) is 4.09. The van der Waals surface area contributed by atoms with E-state index in [0.29, 0.717) is 11.3 Å². The molecule has 0 aliphatic rings. The van der Waals surface area contributed by atoms with Crippen LogP contribution in [0.15, 0.2) is 24.3 Å². The van der Waals surface area contributed by atoms with Crippen molar-refractivity contribution in [3.05, 3.63) is 29.8 Å². The Morgan fingerprint density at radius 3 is 2.55 bits per heavy atom. The van der Waals surface area contributed by atoms with E-state index in [2.05, 4.69) is 12.2 Å². The van der Waals surface area contributed by atoms with Gasteiger partial charge in [-0.3, -0.25) is 0 Å². The first-order valence-electron chi connectivity index (χ1n) is 7.82. The first-order valence-corrected chi connectivity index (χ1v) is 8.23. The summed E-state index contributed by atoms with van der Waals surface area (Å²) >= 11 is 5.15. The lowest BCUT2D eigenvalue weighted by molar-refractivity contribution is 0.0598. The van der Waals surface area contributed by atoms with Crippen LogP contribution in [0.4, 0.5) is 0 Å². The quantitative estimate of drug-likeness (QED) is 0.421. The number of carbonyl (C=O) groups excluding carboxylic acids is 1. The van der Waals surface area contributed by atoms with Gasteiger partial charge in [0.1, 0.15) is 11.3 Å². The third kappa shape index (κ3) is 6.89. The normalized spacial score (nSPS) is 10.1. The Morgan fingerprint density at radius 2 is 1.82 bits per heavy atom. The maximum Gasteiger partial charge on any atom is 0.341 e. The van der Waals surface area contributed by atoms with Gasteiger partial charge in [-0.15, -0.1) is 0 Å². The molecule has 0 aliphatic heterocycles. The lowest BCUT2D eigenvalue weighted by Crippen LogP contribution is -2.28. The molecule has 1 aromatic rings. The van der Waals surface area contributed by atoms with Gasteiger partial charge < -0.3 is 14.8 Å². The minimum absolute atomic E-state index is 0.282. The second kappa shape index (κ2) is 11.0. The molecular weight excluding hydrogens is 298 g/mol. The monoisotopic (exact) mass is 323 g/mol. The fourth-order valence-corrected chi connectivity index (χ4v) is 2.26. The van der Waals surface area contributed by atoms with Gasteiger partial charge in [0.15, 0.2) is 0 Å². The number of esters is 1. The van der Waals surface area contributed by atoms with Crippen LogP contribution < -0.4 is 10.1 Å². The smallest absolute Gasteiger partial charge is 0.341 e. The summed E-state index contributed by atoms with van der Waals surface area (Å²) in [7, 11) is 1.34. The zero-order chi connectivity index (χ0) is 16.2. The highest BCUT2D eigenvalue weighted by Gasteiger charge is 2.13. The van der Waals surface area contributed by atoms with Crippen molar-refractivity contribution >= 4 is 23.4 Å². The molecule has 0 unspecified atom stereocenters. The third-order valence-electron chi connectivity index (χ3n) is 3.29. The highest BCUT2D eigenvalue weighted by Crippen LogP contribution is 2.18. The Bertz CT molecular complexity index is 477. The fourth-order valence-electron chi connectivity index (χ4n) is 2.07. The average molecular weight is 323 g/mol. The van der Waals surface area contributed by atoms with Gasteiger partial charge in [0, 0.05) is 6.54 Å². The zero-order valence-corrected chi connectivity index (χ0v) is 14.2. The van der Waals surface area contributed by atoms with Crippen LogP contribution in [0.25, 0.3) is 0 Å². The van der Waals surface area contributed by atoms with E-state index in [1.54, 1.807) is 24.3 Å². The van der Waals surface area contributed by atoms with Crippen molar-refractivity contribution in [1.29, 1.82) is 0 Å². The highest BCUT2D eigenvalue weighted by atomic mass is 32.1. The Hall–Kier alpha value is -1.62. The molecule has 0 fully saturated rings. The summed E-state index contributed by atoms with van der Waals surface area (Å²) in [5, 5.41) is 3.35. The molecule has 0 saturated carbocycles. The van der Waals surface area contributed by atoms with Crippen LogP contribution in [0.3, 0.4) is 0 Å². The van der Waals surface area contributed by atoms with Crippen molar-refractivity contribution in [2.45, 2.75) is 45.4 Å². The van der Waals surface area contributed by atoms with Crippen LogP contribution in [0.5, 0.6) is 5.75 Å². The van der Waals surface area contributed by atoms with Gasteiger partial charge in [-0.05, 0) is 30.8 Å². The van der Waals surface area contributed by atoms with Crippen molar-refractivity contribution in [1.82, 2.24) is 5.32 Å². The lowest BCUT2D eigenvalue weighted by Gasteiger charge is -2.11. The summed E-state index contributed by atoms with van der Waals surface area (Å²) in [5.74, 6) is -0.0240. The number of unbranched alkanes of at least 4 members (excludes halogenated alkanes) is 5. The number of hydrogen-bond acceptors (Lipinski definition) is 4. The first-order chi connectivity index (χ1) is 10.7. The summed E-state index contributed by atoms with van der Waals surface area (Å²) in [6.45, 7) is 2.99. The third-order valence-corrected chi connectivity index (χ3v) is 3.52. The van der Waals surface area contributed by atoms with Gasteiger partial charge in [0.2, 0.25) is 0 Å². The Labute approximate surface area is 138 Å². The zero-order valence-electron chi connectivity index (χ0n) is 13.4. The molecule has 0 atom stereocenters. The van der Waals surface area contributed by atoms with Gasteiger partial charge in [0.05, 0.1) is 7.11 Å². The van der Waals surface area contributed by atoms with E-state index in [0.717, 1.165) is 13.0 Å². The van der Waals surface area contributed by atoms with Gasteiger partial charge >= 0.3 is 5.97 Å². The molecule has 4 nitrogen and oxygen atoms in total. The number of benzene rings is 1. The number of thiocarbonyl (C=S) groups is 1. The molecule has 0 heterocycles. The molecule has 0 spiro atoms. The number of ether oxygens (including phenoxy) is 2. The van der Waals surface area contributed by atoms with E-state index < -0.39 is 5.97 Å². The molecule has 122 valence electrons. The van der Waals surface area contributed by atoms with Crippen molar-refractivity contribution in [2.24, 2.45) is 0 Å². The van der Waals surface area contributed by atoms with Crippen LogP contribution >= 0.6 is 12.2 Å². The Balaban J connectivity index is 2.32. The minimum Gasteiger partial charge on any atom is -0.465 e. The topological polar surface area (TPSA) is 47.6 Å². The number of rotatable bonds is 9. The molecule has 0 aromatic heterocycles. The summed E-state index contributed by atoms with van der Waals surface area (Å²) in [6.07, 6.45) is 7.37. The molecule has 0 aliphatic carbocycles. The fraction of sp³-hybridized carbons (Fsp3) is 0.529. The molecule has 0 bridgehead atoms. The lowest BCUT2D eigenvalue weighted by atomic mass is 10.1. The molecule has 1 N–H and O–H groups in total. The molecule has 0 radical (unpaired) electrons. The van der Waals surface area contributed by atoms with Gasteiger partial charge in [0.25, 0.3) is 5.17 Å². The number of methoxy groups -OCH3 is 1. The van der Waals surface area contributed by atoms with Crippen molar-refractivity contribution in [3.63, 3.8) is 0 Å². The number of hydrogen-bond donors (Lipinski definition) is 1. The van der Waals surface area contributed by atoms with E-state index in [4.69, 9.17) is 21.7 Å². The number of para-hydroxylation sites is 1. The molecule has 1 rings (SSSR count). The van der Waals surface area contributed by atoms with Crippen LogP contribution in [0.1, 0.15) is 55.8 Å². The van der Waals surface area contributed by atoms with E-state index in [9.17, 15) is 4.79 Å². The second-order valence-electron chi connectivity index (χ2n) is 5.07. The Kier molecular flexibility index (Phi) is 9.23. The number of nitrogens with one attached hydrogen (secondary N) is 1. The predicted molar refractivity (Wildman–Crippen MR) is 92.4 cm³/mol. The summed E-state index contributed by atoms with van der Waals surface area (Å²) in [4.78, 5) is 11.6. The van der Waals surface area contributed by atoms with E-state index in [1.165, 1.54) is 39.2 Å². The molecule has 0 saturated heterocycles. The molecule has 5 heteroatoms. The van der Waals surface area contributed by atoms with E-state index in [1.807, 2.05) is 0 Å². The van der Waals surface area contributed by atoms with E-state index in [-0.39, 0.29) is 5.17 Å². The SMILES string of the molecule is CCCCCCCCNC(=S)Oc1ccccc1C(=O)OC. The summed E-state index contributed by atoms with van der Waals surface area (Å²) in [6, 6.07) is 6.90. The van der Waals surface area contributed by atoms with Crippen LogP contribution in [-0.4, -0.2) is 24.8 Å². The maximum absolute atomic E-state index is 11.6. The van der Waals surface area contributed by atoms with Crippen molar-refractivity contribution in [3.8, 4) is 5.75 Å². The number of carbonyl (C=O) groups is 1. The van der Waals surface area contributed by atoms with Crippen molar-refractivity contribution < 1.29 is 14.3 Å². The highest BCUT2D eigenvalue weighted by molar-refractivity contribution is 7.80. The Morgan fingerprint density at radius 1 is 1.14 bits per heavy atom. The van der Waals surface area contributed by atoms with Crippen LogP contribution in [0.2, 0.25) is 0 Å². The summed E-state index contributed by atoms with van der Waals surface area (Å²) < 4.78 is 10.3. The first kappa shape index (κ1) is 18.4. The largest absolute Gasteiger partial charge is 0.465 e.